The summed E-state index contributed by atoms with van der Waals surface area (Å²) < 4.78 is 13.0. The van der Waals surface area contributed by atoms with Crippen molar-refractivity contribution in [2.24, 2.45) is 0 Å². The van der Waals surface area contributed by atoms with Gasteiger partial charge < -0.3 is 10.6 Å². The van der Waals surface area contributed by atoms with Crippen LogP contribution < -0.4 is 10.6 Å². The number of benzene rings is 1. The van der Waals surface area contributed by atoms with Crippen molar-refractivity contribution >= 4 is 17.6 Å². The van der Waals surface area contributed by atoms with Gasteiger partial charge in [0.15, 0.2) is 0 Å². The van der Waals surface area contributed by atoms with Gasteiger partial charge in [-0.25, -0.2) is 9.18 Å². The monoisotopic (exact) mass is 307 g/mol. The van der Waals surface area contributed by atoms with Crippen LogP contribution in [0.15, 0.2) is 42.7 Å². The summed E-state index contributed by atoms with van der Waals surface area (Å²) >= 11 is 5.68. The first-order chi connectivity index (χ1) is 10.1. The molecule has 0 radical (unpaired) electrons. The first-order valence-electron chi connectivity index (χ1n) is 6.44. The first-order valence-corrected chi connectivity index (χ1v) is 6.82. The Kier molecular flexibility index (Phi) is 5.11. The van der Waals surface area contributed by atoms with Crippen LogP contribution in [0.3, 0.4) is 0 Å². The molecule has 0 spiro atoms. The fourth-order valence-corrected chi connectivity index (χ4v) is 2.00. The van der Waals surface area contributed by atoms with Gasteiger partial charge in [-0.2, -0.15) is 0 Å². The minimum Gasteiger partial charge on any atom is -0.334 e. The number of rotatable bonds is 4. The Bertz CT molecular complexity index is 622. The number of hydrogen-bond acceptors (Lipinski definition) is 2. The number of halogens is 2. The highest BCUT2D eigenvalue weighted by Crippen LogP contribution is 2.16. The largest absolute Gasteiger partial charge is 0.334 e. The molecule has 0 fully saturated rings. The van der Waals surface area contributed by atoms with Crippen molar-refractivity contribution in [1.82, 2.24) is 15.6 Å². The molecule has 1 aromatic carbocycles. The molecule has 4 nitrogen and oxygen atoms in total. The number of urea groups is 1. The van der Waals surface area contributed by atoms with Crippen molar-refractivity contribution in [1.29, 1.82) is 0 Å². The maximum Gasteiger partial charge on any atom is 0.315 e. The second kappa shape index (κ2) is 7.04. The summed E-state index contributed by atoms with van der Waals surface area (Å²) in [5.74, 6) is -0.477. The van der Waals surface area contributed by atoms with Gasteiger partial charge in [0.25, 0.3) is 0 Å². The highest BCUT2D eigenvalue weighted by atomic mass is 35.5. The summed E-state index contributed by atoms with van der Waals surface area (Å²) in [6.45, 7) is 2.14. The van der Waals surface area contributed by atoms with Crippen molar-refractivity contribution < 1.29 is 9.18 Å². The van der Waals surface area contributed by atoms with Gasteiger partial charge in [0, 0.05) is 18.9 Å². The Hall–Kier alpha value is -2.14. The van der Waals surface area contributed by atoms with E-state index in [9.17, 15) is 9.18 Å². The number of pyridine rings is 1. The molecule has 2 rings (SSSR count). The van der Waals surface area contributed by atoms with Gasteiger partial charge >= 0.3 is 6.03 Å². The summed E-state index contributed by atoms with van der Waals surface area (Å²) in [5.41, 5.74) is 1.64. The van der Waals surface area contributed by atoms with Crippen molar-refractivity contribution in [3.05, 3.63) is 64.7 Å². The van der Waals surface area contributed by atoms with Crippen LogP contribution in [-0.2, 0) is 6.54 Å². The Balaban J connectivity index is 1.86. The molecule has 0 saturated heterocycles. The second-order valence-corrected chi connectivity index (χ2v) is 4.99. The van der Waals surface area contributed by atoms with Gasteiger partial charge in [-0.1, -0.05) is 23.7 Å². The molecule has 1 atom stereocenters. The number of carbonyl (C=O) groups excluding carboxylic acids is 1. The Labute approximate surface area is 127 Å². The predicted octanol–water partition coefficient (Wildman–Crippen LogP) is 3.43. The average Bonchev–Trinajstić information content (AvgIpc) is 2.49. The first kappa shape index (κ1) is 15.3. The topological polar surface area (TPSA) is 54.0 Å². The third-order valence-electron chi connectivity index (χ3n) is 2.97. The molecule has 0 aliphatic heterocycles. The summed E-state index contributed by atoms with van der Waals surface area (Å²) in [6.07, 6.45) is 3.37. The lowest BCUT2D eigenvalue weighted by molar-refractivity contribution is 0.237. The number of nitrogens with zero attached hydrogens (tertiary/aromatic N) is 1. The molecule has 0 bridgehead atoms. The Morgan fingerprint density at radius 2 is 2.24 bits per heavy atom. The van der Waals surface area contributed by atoms with Crippen molar-refractivity contribution in [3.63, 3.8) is 0 Å². The van der Waals surface area contributed by atoms with Gasteiger partial charge in [0.05, 0.1) is 11.1 Å². The molecule has 1 heterocycles. The number of amides is 2. The highest BCUT2D eigenvalue weighted by Gasteiger charge is 2.09. The highest BCUT2D eigenvalue weighted by molar-refractivity contribution is 6.30. The van der Waals surface area contributed by atoms with Crippen LogP contribution in [0.25, 0.3) is 0 Å². The maximum absolute atomic E-state index is 13.0. The summed E-state index contributed by atoms with van der Waals surface area (Å²) in [5, 5.41) is 5.53. The molecule has 0 aliphatic carbocycles. The Morgan fingerprint density at radius 3 is 2.90 bits per heavy atom. The number of hydrogen-bond donors (Lipinski definition) is 2. The van der Waals surface area contributed by atoms with Crippen LogP contribution in [0.4, 0.5) is 9.18 Å². The smallest absolute Gasteiger partial charge is 0.315 e. The zero-order valence-corrected chi connectivity index (χ0v) is 12.2. The number of carbonyl (C=O) groups is 1. The lowest BCUT2D eigenvalue weighted by atomic mass is 10.1. The van der Waals surface area contributed by atoms with E-state index >= 15 is 0 Å². The van der Waals surface area contributed by atoms with E-state index in [-0.39, 0.29) is 23.6 Å². The summed E-state index contributed by atoms with van der Waals surface area (Å²) in [7, 11) is 0. The molecular formula is C15H15ClFN3O. The van der Waals surface area contributed by atoms with Crippen LogP contribution in [0.1, 0.15) is 24.1 Å². The van der Waals surface area contributed by atoms with E-state index in [2.05, 4.69) is 15.6 Å². The molecule has 0 aliphatic rings. The van der Waals surface area contributed by atoms with E-state index in [1.54, 1.807) is 18.5 Å². The molecule has 2 amide bonds. The number of aromatic nitrogens is 1. The van der Waals surface area contributed by atoms with E-state index in [1.807, 2.05) is 19.1 Å². The quantitative estimate of drug-likeness (QED) is 0.909. The molecule has 0 saturated carbocycles. The predicted molar refractivity (Wildman–Crippen MR) is 79.4 cm³/mol. The minimum atomic E-state index is -0.477. The molecule has 1 aromatic heterocycles. The fourth-order valence-electron chi connectivity index (χ4n) is 1.80. The van der Waals surface area contributed by atoms with Gasteiger partial charge in [-0.15, -0.1) is 0 Å². The number of nitrogens with one attached hydrogen (secondary N) is 2. The molecular weight excluding hydrogens is 293 g/mol. The van der Waals surface area contributed by atoms with E-state index in [4.69, 9.17) is 11.6 Å². The molecule has 110 valence electrons. The fraction of sp³-hybridized carbons (Fsp3) is 0.200. The molecule has 21 heavy (non-hydrogen) atoms. The van der Waals surface area contributed by atoms with E-state index in [0.29, 0.717) is 0 Å². The SMILES string of the molecule is CC(NC(=O)NCc1ccc(F)c(Cl)c1)c1cccnc1. The third-order valence-corrected chi connectivity index (χ3v) is 3.26. The van der Waals surface area contributed by atoms with Crippen LogP contribution in [-0.4, -0.2) is 11.0 Å². The van der Waals surface area contributed by atoms with Gasteiger partial charge in [-0.05, 0) is 36.2 Å². The molecule has 2 N–H and O–H groups in total. The van der Waals surface area contributed by atoms with Gasteiger partial charge in [0.1, 0.15) is 5.82 Å². The van der Waals surface area contributed by atoms with Crippen LogP contribution >= 0.6 is 11.6 Å². The zero-order chi connectivity index (χ0) is 15.2. The van der Waals surface area contributed by atoms with E-state index < -0.39 is 5.82 Å². The average molecular weight is 308 g/mol. The van der Waals surface area contributed by atoms with E-state index in [1.165, 1.54) is 12.1 Å². The van der Waals surface area contributed by atoms with Gasteiger partial charge in [-0.3, -0.25) is 4.98 Å². The third kappa shape index (κ3) is 4.43. The van der Waals surface area contributed by atoms with Crippen molar-refractivity contribution in [2.75, 3.05) is 0 Å². The molecule has 2 aromatic rings. The van der Waals surface area contributed by atoms with Crippen LogP contribution in [0.5, 0.6) is 0 Å². The normalized spacial score (nSPS) is 11.8. The summed E-state index contributed by atoms with van der Waals surface area (Å²) in [6, 6.07) is 7.56. The lowest BCUT2D eigenvalue weighted by Crippen LogP contribution is -2.36. The second-order valence-electron chi connectivity index (χ2n) is 4.58. The van der Waals surface area contributed by atoms with Crippen molar-refractivity contribution in [2.45, 2.75) is 19.5 Å². The van der Waals surface area contributed by atoms with Gasteiger partial charge in [0.2, 0.25) is 0 Å². The molecule has 1 unspecified atom stereocenters. The Morgan fingerprint density at radius 1 is 1.43 bits per heavy atom. The van der Waals surface area contributed by atoms with Crippen LogP contribution in [0, 0.1) is 5.82 Å². The van der Waals surface area contributed by atoms with Crippen molar-refractivity contribution in [3.8, 4) is 0 Å². The summed E-state index contributed by atoms with van der Waals surface area (Å²) in [4.78, 5) is 15.8. The molecule has 6 heteroatoms. The lowest BCUT2D eigenvalue weighted by Gasteiger charge is -2.14. The van der Waals surface area contributed by atoms with Crippen LogP contribution in [0.2, 0.25) is 5.02 Å². The minimum absolute atomic E-state index is 0.0402. The van der Waals surface area contributed by atoms with E-state index in [0.717, 1.165) is 11.1 Å². The standard InChI is InChI=1S/C15H15ClFN3O/c1-10(12-3-2-6-18-9-12)20-15(21)19-8-11-4-5-14(17)13(16)7-11/h2-7,9-10H,8H2,1H3,(H2,19,20,21). The zero-order valence-electron chi connectivity index (χ0n) is 11.4. The maximum atomic E-state index is 13.0.